The molecule has 4 heteroatoms. The average Bonchev–Trinajstić information content (AvgIpc) is 2.73. The molecule has 1 aliphatic rings. The van der Waals surface area contributed by atoms with E-state index in [9.17, 15) is 9.59 Å². The molecule has 28 heavy (non-hydrogen) atoms. The van der Waals surface area contributed by atoms with Crippen molar-refractivity contribution in [3.05, 3.63) is 65.2 Å². The quantitative estimate of drug-likeness (QED) is 0.720. The highest BCUT2D eigenvalue weighted by Gasteiger charge is 2.20. The van der Waals surface area contributed by atoms with Gasteiger partial charge < -0.3 is 10.6 Å². The molecule has 2 amide bonds. The summed E-state index contributed by atoms with van der Waals surface area (Å²) in [5.74, 6) is 0.665. The van der Waals surface area contributed by atoms with Crippen molar-refractivity contribution in [3.8, 4) is 0 Å². The molecule has 2 aromatic rings. The third-order valence-corrected chi connectivity index (χ3v) is 5.49. The number of amides is 2. The predicted molar refractivity (Wildman–Crippen MR) is 113 cm³/mol. The van der Waals surface area contributed by atoms with Gasteiger partial charge in [-0.25, -0.2) is 0 Å². The van der Waals surface area contributed by atoms with Crippen LogP contribution in [-0.4, -0.2) is 11.8 Å². The molecule has 0 heterocycles. The van der Waals surface area contributed by atoms with Crippen LogP contribution < -0.4 is 10.6 Å². The first-order chi connectivity index (χ1) is 13.5. The number of nitrogens with one attached hydrogen (secondary N) is 2. The Morgan fingerprint density at radius 1 is 0.929 bits per heavy atom. The van der Waals surface area contributed by atoms with Crippen LogP contribution >= 0.6 is 0 Å². The predicted octanol–water partition coefficient (Wildman–Crippen LogP) is 5.26. The number of carbonyl (C=O) groups is 2. The third-order valence-electron chi connectivity index (χ3n) is 5.49. The van der Waals surface area contributed by atoms with E-state index >= 15 is 0 Å². The van der Waals surface area contributed by atoms with Gasteiger partial charge in [-0.1, -0.05) is 57.4 Å². The zero-order valence-electron chi connectivity index (χ0n) is 16.8. The van der Waals surface area contributed by atoms with E-state index in [2.05, 4.69) is 24.5 Å². The monoisotopic (exact) mass is 378 g/mol. The van der Waals surface area contributed by atoms with Gasteiger partial charge in [-0.15, -0.1) is 0 Å². The Morgan fingerprint density at radius 3 is 2.18 bits per heavy atom. The summed E-state index contributed by atoms with van der Waals surface area (Å²) >= 11 is 0. The minimum absolute atomic E-state index is 0.130. The molecule has 1 saturated carbocycles. The Hall–Kier alpha value is -2.62. The van der Waals surface area contributed by atoms with E-state index in [0.717, 1.165) is 36.9 Å². The molecule has 0 unspecified atom stereocenters. The summed E-state index contributed by atoms with van der Waals surface area (Å²) in [7, 11) is 0. The van der Waals surface area contributed by atoms with E-state index in [1.165, 1.54) is 12.0 Å². The second-order valence-electron chi connectivity index (χ2n) is 7.98. The molecule has 148 valence electrons. The van der Waals surface area contributed by atoms with Gasteiger partial charge in [-0.2, -0.15) is 0 Å². The summed E-state index contributed by atoms with van der Waals surface area (Å²) < 4.78 is 0. The molecule has 0 aliphatic heterocycles. The normalized spacial score (nSPS) is 14.7. The van der Waals surface area contributed by atoms with Crippen LogP contribution in [0.4, 0.5) is 5.69 Å². The van der Waals surface area contributed by atoms with Crippen molar-refractivity contribution in [1.82, 2.24) is 5.32 Å². The summed E-state index contributed by atoms with van der Waals surface area (Å²) in [6.07, 6.45) is 5.56. The van der Waals surface area contributed by atoms with Crippen LogP contribution in [0.25, 0.3) is 0 Å². The number of carbonyl (C=O) groups excluding carboxylic acids is 2. The van der Waals surface area contributed by atoms with Crippen LogP contribution in [-0.2, 0) is 11.3 Å². The molecule has 2 N–H and O–H groups in total. The van der Waals surface area contributed by atoms with Gasteiger partial charge in [0, 0.05) is 23.7 Å². The van der Waals surface area contributed by atoms with Gasteiger partial charge in [0.25, 0.3) is 5.91 Å². The Balaban J connectivity index is 1.51. The van der Waals surface area contributed by atoms with Crippen LogP contribution in [0.15, 0.2) is 48.5 Å². The number of benzene rings is 2. The Morgan fingerprint density at radius 2 is 1.57 bits per heavy atom. The van der Waals surface area contributed by atoms with E-state index in [0.29, 0.717) is 18.0 Å². The summed E-state index contributed by atoms with van der Waals surface area (Å²) in [5, 5.41) is 5.96. The number of hydrogen-bond acceptors (Lipinski definition) is 2. The lowest BCUT2D eigenvalue weighted by Crippen LogP contribution is -2.31. The van der Waals surface area contributed by atoms with E-state index in [4.69, 9.17) is 0 Å². The van der Waals surface area contributed by atoms with Crippen molar-refractivity contribution in [1.29, 1.82) is 0 Å². The van der Waals surface area contributed by atoms with Crippen molar-refractivity contribution in [2.45, 2.75) is 58.4 Å². The highest BCUT2D eigenvalue weighted by Crippen LogP contribution is 2.23. The maximum Gasteiger partial charge on any atom is 0.255 e. The first-order valence-electron chi connectivity index (χ1n) is 10.3. The molecular weight excluding hydrogens is 348 g/mol. The first kappa shape index (κ1) is 20.1. The fourth-order valence-electron chi connectivity index (χ4n) is 3.63. The second kappa shape index (κ2) is 9.54. The topological polar surface area (TPSA) is 58.2 Å². The zero-order valence-corrected chi connectivity index (χ0v) is 16.8. The fourth-order valence-corrected chi connectivity index (χ4v) is 3.63. The lowest BCUT2D eigenvalue weighted by Gasteiger charge is -2.20. The number of anilines is 1. The fraction of sp³-hybridized carbons (Fsp3) is 0.417. The van der Waals surface area contributed by atoms with Gasteiger partial charge in [-0.05, 0) is 54.2 Å². The molecule has 0 aromatic heterocycles. The van der Waals surface area contributed by atoms with Crippen molar-refractivity contribution in [2.24, 2.45) is 5.92 Å². The molecule has 0 saturated heterocycles. The van der Waals surface area contributed by atoms with Gasteiger partial charge in [-0.3, -0.25) is 9.59 Å². The van der Waals surface area contributed by atoms with Gasteiger partial charge in [0.15, 0.2) is 0 Å². The van der Waals surface area contributed by atoms with Crippen LogP contribution in [0, 0.1) is 5.92 Å². The molecule has 1 aliphatic carbocycles. The molecule has 0 spiro atoms. The number of hydrogen-bond donors (Lipinski definition) is 2. The van der Waals surface area contributed by atoms with Gasteiger partial charge in [0.05, 0.1) is 0 Å². The van der Waals surface area contributed by atoms with Crippen LogP contribution in [0.2, 0.25) is 0 Å². The molecule has 2 aromatic carbocycles. The van der Waals surface area contributed by atoms with Gasteiger partial charge in [0.2, 0.25) is 5.91 Å². The van der Waals surface area contributed by atoms with E-state index in [-0.39, 0.29) is 17.7 Å². The highest BCUT2D eigenvalue weighted by molar-refractivity contribution is 6.04. The molecule has 0 radical (unpaired) electrons. The molecular formula is C24H30N2O2. The molecule has 3 rings (SSSR count). The van der Waals surface area contributed by atoms with Crippen molar-refractivity contribution >= 4 is 17.5 Å². The Bertz CT molecular complexity index is 788. The average molecular weight is 379 g/mol. The minimum atomic E-state index is -0.130. The molecule has 4 nitrogen and oxygen atoms in total. The van der Waals surface area contributed by atoms with Crippen LogP contribution in [0.1, 0.15) is 73.4 Å². The maximum absolute atomic E-state index is 12.4. The van der Waals surface area contributed by atoms with Gasteiger partial charge in [0.1, 0.15) is 0 Å². The largest absolute Gasteiger partial charge is 0.352 e. The van der Waals surface area contributed by atoms with Crippen molar-refractivity contribution in [3.63, 3.8) is 0 Å². The third kappa shape index (κ3) is 5.44. The lowest BCUT2D eigenvalue weighted by molar-refractivity contribution is -0.126. The first-order valence-corrected chi connectivity index (χ1v) is 10.3. The second-order valence-corrected chi connectivity index (χ2v) is 7.98. The van der Waals surface area contributed by atoms with E-state index in [1.54, 1.807) is 12.1 Å². The van der Waals surface area contributed by atoms with Crippen molar-refractivity contribution in [2.75, 3.05) is 5.32 Å². The Kier molecular flexibility index (Phi) is 6.85. The Labute approximate surface area is 167 Å². The smallest absolute Gasteiger partial charge is 0.255 e. The van der Waals surface area contributed by atoms with Crippen molar-refractivity contribution < 1.29 is 9.59 Å². The van der Waals surface area contributed by atoms with E-state index in [1.807, 2.05) is 36.4 Å². The maximum atomic E-state index is 12.4. The minimum Gasteiger partial charge on any atom is -0.352 e. The molecule has 1 fully saturated rings. The summed E-state index contributed by atoms with van der Waals surface area (Å²) in [6.45, 7) is 4.80. The zero-order chi connectivity index (χ0) is 19.9. The summed E-state index contributed by atoms with van der Waals surface area (Å²) in [5.41, 5.74) is 3.65. The SMILES string of the molecule is CC(C)c1ccc(NC(=O)c2ccc(CNC(=O)C3CCCCC3)cc2)cc1. The summed E-state index contributed by atoms with van der Waals surface area (Å²) in [6, 6.07) is 15.4. The lowest BCUT2D eigenvalue weighted by atomic mass is 9.88. The van der Waals surface area contributed by atoms with E-state index < -0.39 is 0 Å². The number of rotatable bonds is 6. The highest BCUT2D eigenvalue weighted by atomic mass is 16.2. The summed E-state index contributed by atoms with van der Waals surface area (Å²) in [4.78, 5) is 24.7. The van der Waals surface area contributed by atoms with Crippen LogP contribution in [0.5, 0.6) is 0 Å². The van der Waals surface area contributed by atoms with Crippen LogP contribution in [0.3, 0.4) is 0 Å². The molecule has 0 bridgehead atoms. The van der Waals surface area contributed by atoms with Gasteiger partial charge >= 0.3 is 0 Å². The standard InChI is InChI=1S/C24H30N2O2/c1-17(2)19-12-14-22(15-13-19)26-24(28)21-10-8-18(9-11-21)16-25-23(27)20-6-4-3-5-7-20/h8-15,17,20H,3-7,16H2,1-2H3,(H,25,27)(H,26,28). The molecule has 0 atom stereocenters.